The Morgan fingerprint density at radius 2 is 2.39 bits per heavy atom. The second-order valence-corrected chi connectivity index (χ2v) is 4.81. The molecule has 0 bridgehead atoms. The molecule has 2 aromatic rings. The molecule has 0 saturated carbocycles. The number of aromatic nitrogens is 4. The molecular formula is C12H17N5O. The van der Waals surface area contributed by atoms with E-state index in [4.69, 9.17) is 4.52 Å². The summed E-state index contributed by atoms with van der Waals surface area (Å²) in [4.78, 5) is 4.40. The van der Waals surface area contributed by atoms with Crippen molar-refractivity contribution >= 4 is 0 Å². The minimum Gasteiger partial charge on any atom is -0.360 e. The number of fused-ring (bicyclic) bond motifs is 1. The average Bonchev–Trinajstić information content (AvgIpc) is 2.90. The fourth-order valence-electron chi connectivity index (χ4n) is 2.34. The topological polar surface area (TPSA) is 68.8 Å². The molecule has 1 N–H and O–H groups in total. The van der Waals surface area contributed by atoms with Gasteiger partial charge in [0.15, 0.2) is 5.76 Å². The van der Waals surface area contributed by atoms with Crippen LogP contribution in [0.2, 0.25) is 0 Å². The van der Waals surface area contributed by atoms with Crippen LogP contribution in [0.15, 0.2) is 10.6 Å². The Kier molecular flexibility index (Phi) is 2.87. The van der Waals surface area contributed by atoms with E-state index < -0.39 is 0 Å². The Bertz CT molecular complexity index is 544. The third kappa shape index (κ3) is 2.28. The van der Waals surface area contributed by atoms with E-state index in [1.165, 1.54) is 0 Å². The predicted octanol–water partition coefficient (Wildman–Crippen LogP) is 0.988. The van der Waals surface area contributed by atoms with Crippen LogP contribution in [0.4, 0.5) is 0 Å². The van der Waals surface area contributed by atoms with E-state index in [-0.39, 0.29) is 0 Å². The van der Waals surface area contributed by atoms with Crippen molar-refractivity contribution < 1.29 is 4.52 Å². The number of hydrogen-bond acceptors (Lipinski definition) is 5. The molecule has 0 saturated heterocycles. The van der Waals surface area contributed by atoms with E-state index in [1.54, 1.807) is 0 Å². The van der Waals surface area contributed by atoms with Gasteiger partial charge in [0.05, 0.1) is 18.8 Å². The van der Waals surface area contributed by atoms with Crippen LogP contribution in [-0.2, 0) is 19.5 Å². The van der Waals surface area contributed by atoms with Gasteiger partial charge in [-0.25, -0.2) is 9.67 Å². The zero-order valence-corrected chi connectivity index (χ0v) is 10.7. The highest BCUT2D eigenvalue weighted by atomic mass is 16.5. The van der Waals surface area contributed by atoms with Crippen LogP contribution in [0.5, 0.6) is 0 Å². The fraction of sp³-hybridized carbons (Fsp3) is 0.583. The number of rotatable bonds is 3. The van der Waals surface area contributed by atoms with Crippen molar-refractivity contribution in [2.24, 2.45) is 0 Å². The lowest BCUT2D eigenvalue weighted by Crippen LogP contribution is -2.37. The van der Waals surface area contributed by atoms with Gasteiger partial charge in [-0.2, -0.15) is 5.10 Å². The number of nitrogens with one attached hydrogen (secondary N) is 1. The number of nitrogens with zero attached hydrogens (tertiary/aromatic N) is 4. The van der Waals surface area contributed by atoms with Crippen LogP contribution in [0.3, 0.4) is 0 Å². The molecule has 0 fully saturated rings. The Labute approximate surface area is 105 Å². The largest absolute Gasteiger partial charge is 0.360 e. The summed E-state index contributed by atoms with van der Waals surface area (Å²) < 4.78 is 7.18. The van der Waals surface area contributed by atoms with Crippen LogP contribution >= 0.6 is 0 Å². The van der Waals surface area contributed by atoms with Crippen LogP contribution in [-0.4, -0.2) is 26.0 Å². The molecule has 18 heavy (non-hydrogen) atoms. The van der Waals surface area contributed by atoms with E-state index in [9.17, 15) is 0 Å². The smallest absolute Gasteiger partial charge is 0.150 e. The summed E-state index contributed by atoms with van der Waals surface area (Å²) in [5, 5.41) is 11.7. The molecule has 1 aliphatic heterocycles. The van der Waals surface area contributed by atoms with Gasteiger partial charge < -0.3 is 9.84 Å². The number of hydrogen-bond donors (Lipinski definition) is 1. The quantitative estimate of drug-likeness (QED) is 0.876. The summed E-state index contributed by atoms with van der Waals surface area (Å²) in [5.41, 5.74) is 0.921. The minimum atomic E-state index is 0.420. The molecule has 6 heteroatoms. The second kappa shape index (κ2) is 4.53. The standard InChI is InChI=1S/C12H17N5O/c1-8-5-11(18-16-8)6-13-10-3-4-12-14-9(2)15-17(12)7-10/h5,10,13H,3-4,6-7H2,1-2H3. The summed E-state index contributed by atoms with van der Waals surface area (Å²) >= 11 is 0. The van der Waals surface area contributed by atoms with Gasteiger partial charge in [-0.3, -0.25) is 0 Å². The molecule has 1 atom stereocenters. The summed E-state index contributed by atoms with van der Waals surface area (Å²) in [5.74, 6) is 2.84. The van der Waals surface area contributed by atoms with Crippen molar-refractivity contribution in [3.8, 4) is 0 Å². The van der Waals surface area contributed by atoms with Crippen molar-refractivity contribution in [3.05, 3.63) is 29.2 Å². The first-order valence-corrected chi connectivity index (χ1v) is 6.26. The Balaban J connectivity index is 1.59. The van der Waals surface area contributed by atoms with Gasteiger partial charge in [0.25, 0.3) is 0 Å². The third-order valence-electron chi connectivity index (χ3n) is 3.21. The van der Waals surface area contributed by atoms with E-state index in [2.05, 4.69) is 20.6 Å². The molecule has 2 aromatic heterocycles. The Morgan fingerprint density at radius 1 is 1.50 bits per heavy atom. The molecule has 96 valence electrons. The summed E-state index contributed by atoms with van der Waals surface area (Å²) in [6.45, 7) is 5.46. The van der Waals surface area contributed by atoms with Gasteiger partial charge in [-0.1, -0.05) is 5.16 Å². The lowest BCUT2D eigenvalue weighted by Gasteiger charge is -2.23. The van der Waals surface area contributed by atoms with Gasteiger partial charge in [-0.05, 0) is 20.3 Å². The van der Waals surface area contributed by atoms with E-state index in [0.29, 0.717) is 12.6 Å². The molecule has 6 nitrogen and oxygen atoms in total. The first-order chi connectivity index (χ1) is 8.70. The molecule has 0 aliphatic carbocycles. The van der Waals surface area contributed by atoms with E-state index in [0.717, 1.165) is 42.5 Å². The molecule has 0 radical (unpaired) electrons. The zero-order valence-electron chi connectivity index (χ0n) is 10.7. The van der Waals surface area contributed by atoms with Gasteiger partial charge in [-0.15, -0.1) is 0 Å². The van der Waals surface area contributed by atoms with Crippen molar-refractivity contribution in [1.82, 2.24) is 25.2 Å². The lowest BCUT2D eigenvalue weighted by molar-refractivity contribution is 0.323. The van der Waals surface area contributed by atoms with Crippen LogP contribution in [0.1, 0.15) is 29.5 Å². The van der Waals surface area contributed by atoms with Crippen LogP contribution in [0.25, 0.3) is 0 Å². The molecule has 1 unspecified atom stereocenters. The van der Waals surface area contributed by atoms with Crippen molar-refractivity contribution in [3.63, 3.8) is 0 Å². The monoisotopic (exact) mass is 247 g/mol. The van der Waals surface area contributed by atoms with Gasteiger partial charge in [0.2, 0.25) is 0 Å². The van der Waals surface area contributed by atoms with E-state index >= 15 is 0 Å². The van der Waals surface area contributed by atoms with Crippen LogP contribution in [0, 0.1) is 13.8 Å². The summed E-state index contributed by atoms with van der Waals surface area (Å²) in [6, 6.07) is 2.38. The van der Waals surface area contributed by atoms with Crippen molar-refractivity contribution in [2.75, 3.05) is 0 Å². The normalized spacial score (nSPS) is 18.9. The number of aryl methyl sites for hydroxylation is 3. The summed E-state index contributed by atoms with van der Waals surface area (Å²) in [7, 11) is 0. The SMILES string of the molecule is Cc1cc(CNC2CCc3nc(C)nn3C2)on1. The first kappa shape index (κ1) is 11.4. The van der Waals surface area contributed by atoms with Gasteiger partial charge in [0, 0.05) is 18.5 Å². The van der Waals surface area contributed by atoms with Crippen LogP contribution < -0.4 is 5.32 Å². The molecule has 3 heterocycles. The molecular weight excluding hydrogens is 230 g/mol. The maximum Gasteiger partial charge on any atom is 0.150 e. The van der Waals surface area contributed by atoms with Crippen molar-refractivity contribution in [1.29, 1.82) is 0 Å². The second-order valence-electron chi connectivity index (χ2n) is 4.81. The van der Waals surface area contributed by atoms with Crippen molar-refractivity contribution in [2.45, 2.75) is 45.8 Å². The van der Waals surface area contributed by atoms with Gasteiger partial charge in [0.1, 0.15) is 11.6 Å². The highest BCUT2D eigenvalue weighted by molar-refractivity contribution is 5.03. The fourth-order valence-corrected chi connectivity index (χ4v) is 2.34. The maximum atomic E-state index is 5.18. The lowest BCUT2D eigenvalue weighted by atomic mass is 10.1. The zero-order chi connectivity index (χ0) is 12.5. The molecule has 3 rings (SSSR count). The molecule has 1 aliphatic rings. The average molecular weight is 247 g/mol. The Hall–Kier alpha value is -1.69. The van der Waals surface area contributed by atoms with E-state index in [1.807, 2.05) is 24.6 Å². The summed E-state index contributed by atoms with van der Waals surface area (Å²) in [6.07, 6.45) is 2.07. The third-order valence-corrected chi connectivity index (χ3v) is 3.21. The molecule has 0 spiro atoms. The maximum absolute atomic E-state index is 5.18. The Morgan fingerprint density at radius 3 is 3.17 bits per heavy atom. The van der Waals surface area contributed by atoms with Gasteiger partial charge >= 0.3 is 0 Å². The first-order valence-electron chi connectivity index (χ1n) is 6.26. The molecule has 0 aromatic carbocycles. The highest BCUT2D eigenvalue weighted by Crippen LogP contribution is 2.13. The predicted molar refractivity (Wildman–Crippen MR) is 64.9 cm³/mol. The molecule has 0 amide bonds. The minimum absolute atomic E-state index is 0.420. The highest BCUT2D eigenvalue weighted by Gasteiger charge is 2.20.